The molecule has 4 aromatic rings. The minimum atomic E-state index is -0.0751. The number of H-pyrrole nitrogens is 1. The van der Waals surface area contributed by atoms with E-state index in [9.17, 15) is 4.79 Å². The number of rotatable bonds is 8. The van der Waals surface area contributed by atoms with Gasteiger partial charge in [0.05, 0.1) is 7.11 Å². The van der Waals surface area contributed by atoms with Crippen LogP contribution in [0.1, 0.15) is 30.4 Å². The van der Waals surface area contributed by atoms with Crippen LogP contribution in [0.2, 0.25) is 0 Å². The lowest BCUT2D eigenvalue weighted by atomic mass is 9.93. The summed E-state index contributed by atoms with van der Waals surface area (Å²) in [7, 11) is 1.48. The lowest BCUT2D eigenvalue weighted by Crippen LogP contribution is -2.35. The van der Waals surface area contributed by atoms with Gasteiger partial charge in [0.15, 0.2) is 0 Å². The number of methoxy groups -OCH3 is 1. The Balaban J connectivity index is 1.23. The van der Waals surface area contributed by atoms with Gasteiger partial charge >= 0.3 is 5.97 Å². The Kier molecular flexibility index (Phi) is 6.49. The zero-order valence-corrected chi connectivity index (χ0v) is 19.4. The number of nitrogens with zero attached hydrogens (tertiary/aromatic N) is 2. The van der Waals surface area contributed by atoms with Gasteiger partial charge in [0.25, 0.3) is 0 Å². The predicted molar refractivity (Wildman–Crippen MR) is 133 cm³/mol. The number of nitrogens with one attached hydrogen (secondary N) is 1. The smallest absolute Gasteiger partial charge is 0.305 e. The largest absolute Gasteiger partial charge is 0.469 e. The molecule has 1 aliphatic heterocycles. The molecule has 5 rings (SSSR count). The molecule has 33 heavy (non-hydrogen) atoms. The molecule has 3 heterocycles. The number of hydrogen-bond acceptors (Lipinski definition) is 3. The molecule has 0 saturated carbocycles. The first kappa shape index (κ1) is 21.8. The zero-order chi connectivity index (χ0) is 22.6. The first-order chi connectivity index (χ1) is 16.2. The number of aryl methyl sites for hydroxylation is 2. The third kappa shape index (κ3) is 4.83. The van der Waals surface area contributed by atoms with Gasteiger partial charge in [0, 0.05) is 53.7 Å². The molecule has 172 valence electrons. The lowest BCUT2D eigenvalue weighted by molar-refractivity contribution is -0.142. The fourth-order valence-electron chi connectivity index (χ4n) is 5.30. The normalized spacial score (nSPS) is 15.4. The quantitative estimate of drug-likeness (QED) is 0.382. The van der Waals surface area contributed by atoms with Crippen LogP contribution in [0.3, 0.4) is 0 Å². The molecule has 1 aliphatic rings. The molecule has 5 nitrogen and oxygen atoms in total. The average molecular weight is 444 g/mol. The van der Waals surface area contributed by atoms with E-state index in [1.54, 1.807) is 0 Å². The van der Waals surface area contributed by atoms with E-state index in [1.165, 1.54) is 40.0 Å². The summed E-state index contributed by atoms with van der Waals surface area (Å²) < 4.78 is 7.26. The first-order valence-electron chi connectivity index (χ1n) is 12.1. The van der Waals surface area contributed by atoms with Crippen molar-refractivity contribution in [3.63, 3.8) is 0 Å². The second-order valence-electron chi connectivity index (χ2n) is 9.29. The van der Waals surface area contributed by atoms with Crippen LogP contribution in [0.15, 0.2) is 60.9 Å². The van der Waals surface area contributed by atoms with Crippen LogP contribution in [0, 0.1) is 5.92 Å². The van der Waals surface area contributed by atoms with Gasteiger partial charge in [-0.3, -0.25) is 4.79 Å². The number of hydrogen-bond donors (Lipinski definition) is 1. The molecule has 0 spiro atoms. The Morgan fingerprint density at radius 2 is 1.70 bits per heavy atom. The monoisotopic (exact) mass is 443 g/mol. The van der Waals surface area contributed by atoms with E-state index in [0.29, 0.717) is 12.3 Å². The van der Waals surface area contributed by atoms with Gasteiger partial charge in [-0.2, -0.15) is 0 Å². The molecular weight excluding hydrogens is 410 g/mol. The number of fused-ring (bicyclic) bond motifs is 2. The zero-order valence-electron chi connectivity index (χ0n) is 19.4. The maximum Gasteiger partial charge on any atom is 0.305 e. The van der Waals surface area contributed by atoms with Crippen LogP contribution >= 0.6 is 0 Å². The fraction of sp³-hybridized carbons (Fsp3) is 0.393. The third-order valence-electron chi connectivity index (χ3n) is 7.26. The maximum atomic E-state index is 11.6. The molecular formula is C28H33N3O2. The summed E-state index contributed by atoms with van der Waals surface area (Å²) in [6.45, 7) is 4.18. The Morgan fingerprint density at radius 1 is 0.970 bits per heavy atom. The number of likely N-dealkylation sites (tertiary alicyclic amines) is 1. The molecule has 1 saturated heterocycles. The topological polar surface area (TPSA) is 50.3 Å². The highest BCUT2D eigenvalue weighted by Crippen LogP contribution is 2.25. The van der Waals surface area contributed by atoms with E-state index in [2.05, 4.69) is 75.4 Å². The van der Waals surface area contributed by atoms with E-state index in [4.69, 9.17) is 4.74 Å². The van der Waals surface area contributed by atoms with E-state index < -0.39 is 0 Å². The standard InChI is InChI=1S/C28H33N3O2/c1-33-28(32)18-21-10-14-30(15-11-21)16-12-23-20-31(27-9-5-3-7-25(23)27)17-13-22-19-29-26-8-4-2-6-24(22)26/h2-9,19-21,29H,10-18H2,1H3. The van der Waals surface area contributed by atoms with Crippen LogP contribution in [-0.2, 0) is 28.9 Å². The second-order valence-corrected chi connectivity index (χ2v) is 9.29. The van der Waals surface area contributed by atoms with E-state index >= 15 is 0 Å². The van der Waals surface area contributed by atoms with Gasteiger partial charge in [0.2, 0.25) is 0 Å². The van der Waals surface area contributed by atoms with Crippen LogP contribution in [0.4, 0.5) is 0 Å². The number of aromatic nitrogens is 2. The van der Waals surface area contributed by atoms with Crippen LogP contribution < -0.4 is 0 Å². The van der Waals surface area contributed by atoms with Crippen molar-refractivity contribution < 1.29 is 9.53 Å². The summed E-state index contributed by atoms with van der Waals surface area (Å²) in [5.41, 5.74) is 5.34. The number of carbonyl (C=O) groups excluding carboxylic acids is 1. The van der Waals surface area contributed by atoms with Crippen molar-refractivity contribution >= 4 is 27.8 Å². The second kappa shape index (κ2) is 9.84. The van der Waals surface area contributed by atoms with Crippen molar-refractivity contribution in [2.45, 2.75) is 38.6 Å². The highest BCUT2D eigenvalue weighted by molar-refractivity contribution is 5.84. The summed E-state index contributed by atoms with van der Waals surface area (Å²) in [5, 5.41) is 2.70. The third-order valence-corrected chi connectivity index (χ3v) is 7.26. The molecule has 1 N–H and O–H groups in total. The minimum absolute atomic E-state index is 0.0751. The molecule has 0 aliphatic carbocycles. The number of esters is 1. The molecule has 5 heteroatoms. The fourth-order valence-corrected chi connectivity index (χ4v) is 5.30. The minimum Gasteiger partial charge on any atom is -0.469 e. The maximum absolute atomic E-state index is 11.6. The molecule has 0 amide bonds. The molecule has 2 aromatic carbocycles. The number of carbonyl (C=O) groups is 1. The van der Waals surface area contributed by atoms with Crippen molar-refractivity contribution in [1.82, 2.24) is 14.5 Å². The molecule has 2 aromatic heterocycles. The number of para-hydroxylation sites is 2. The van der Waals surface area contributed by atoms with E-state index in [0.717, 1.165) is 51.9 Å². The summed E-state index contributed by atoms with van der Waals surface area (Å²) in [4.78, 5) is 17.5. The average Bonchev–Trinajstić information content (AvgIpc) is 3.43. The highest BCUT2D eigenvalue weighted by Gasteiger charge is 2.22. The Hall–Kier alpha value is -3.05. The summed E-state index contributed by atoms with van der Waals surface area (Å²) in [6.07, 6.45) is 9.32. The Labute approximate surface area is 195 Å². The lowest BCUT2D eigenvalue weighted by Gasteiger charge is -2.31. The van der Waals surface area contributed by atoms with Gasteiger partial charge in [-0.1, -0.05) is 36.4 Å². The van der Waals surface area contributed by atoms with Gasteiger partial charge < -0.3 is 19.2 Å². The predicted octanol–water partition coefficient (Wildman–Crippen LogP) is 5.18. The first-order valence-corrected chi connectivity index (χ1v) is 12.1. The van der Waals surface area contributed by atoms with Crippen molar-refractivity contribution in [2.75, 3.05) is 26.7 Å². The highest BCUT2D eigenvalue weighted by atomic mass is 16.5. The SMILES string of the molecule is COC(=O)CC1CCN(CCc2cn(CCc3c[nH]c4ccccc34)c3ccccc23)CC1. The van der Waals surface area contributed by atoms with Gasteiger partial charge in [0.1, 0.15) is 0 Å². The van der Waals surface area contributed by atoms with Gasteiger partial charge in [-0.05, 0) is 68.0 Å². The Morgan fingerprint density at radius 3 is 2.52 bits per heavy atom. The number of ether oxygens (including phenoxy) is 1. The Bertz CT molecular complexity index is 1230. The number of aromatic amines is 1. The summed E-state index contributed by atoms with van der Waals surface area (Å²) in [5.74, 6) is 0.397. The van der Waals surface area contributed by atoms with Crippen molar-refractivity contribution in [2.24, 2.45) is 5.92 Å². The van der Waals surface area contributed by atoms with Crippen molar-refractivity contribution in [1.29, 1.82) is 0 Å². The van der Waals surface area contributed by atoms with E-state index in [1.807, 2.05) is 0 Å². The summed E-state index contributed by atoms with van der Waals surface area (Å²) >= 11 is 0. The van der Waals surface area contributed by atoms with Crippen LogP contribution in [-0.4, -0.2) is 47.2 Å². The molecule has 1 fully saturated rings. The van der Waals surface area contributed by atoms with Crippen molar-refractivity contribution in [3.8, 4) is 0 Å². The molecule has 0 atom stereocenters. The van der Waals surface area contributed by atoms with Gasteiger partial charge in [-0.25, -0.2) is 0 Å². The number of piperidine rings is 1. The van der Waals surface area contributed by atoms with Crippen molar-refractivity contribution in [3.05, 3.63) is 72.1 Å². The summed E-state index contributed by atoms with van der Waals surface area (Å²) in [6, 6.07) is 17.3. The molecule has 0 unspecified atom stereocenters. The van der Waals surface area contributed by atoms with Crippen LogP contribution in [0.25, 0.3) is 21.8 Å². The number of benzene rings is 2. The van der Waals surface area contributed by atoms with Gasteiger partial charge in [-0.15, -0.1) is 0 Å². The van der Waals surface area contributed by atoms with Crippen LogP contribution in [0.5, 0.6) is 0 Å². The van der Waals surface area contributed by atoms with E-state index in [-0.39, 0.29) is 5.97 Å². The molecule has 0 radical (unpaired) electrons. The molecule has 0 bridgehead atoms.